The van der Waals surface area contributed by atoms with Crippen molar-refractivity contribution < 1.29 is 22.7 Å². The van der Waals surface area contributed by atoms with Gasteiger partial charge in [0, 0.05) is 22.0 Å². The molecule has 0 saturated carbocycles. The van der Waals surface area contributed by atoms with Crippen LogP contribution in [0.3, 0.4) is 0 Å². The molecule has 11 heteroatoms. The number of ketones is 1. The van der Waals surface area contributed by atoms with Crippen LogP contribution in [-0.4, -0.2) is 44.6 Å². The number of ether oxygens (including phenoxy) is 1. The molecule has 30 heavy (non-hydrogen) atoms. The number of methoxy groups -OCH3 is 1. The Morgan fingerprint density at radius 2 is 2.03 bits per heavy atom. The first-order valence-corrected chi connectivity index (χ1v) is 10.1. The average molecular weight is 459 g/mol. The predicted molar refractivity (Wildman–Crippen MR) is 108 cm³/mol. The van der Waals surface area contributed by atoms with E-state index in [1.807, 2.05) is 0 Å². The van der Waals surface area contributed by atoms with Crippen molar-refractivity contribution in [2.24, 2.45) is 0 Å². The number of carbonyl (C=O) groups excluding carboxylic acids is 1. The summed E-state index contributed by atoms with van der Waals surface area (Å²) in [5, 5.41) is 7.68. The zero-order chi connectivity index (χ0) is 22.1. The van der Waals surface area contributed by atoms with Crippen molar-refractivity contribution in [3.05, 3.63) is 46.2 Å². The molecule has 2 heterocycles. The number of rotatable bonds is 7. The van der Waals surface area contributed by atoms with Crippen LogP contribution in [0.4, 0.5) is 13.2 Å². The maximum Gasteiger partial charge on any atom is 0.406 e. The Morgan fingerprint density at radius 1 is 1.30 bits per heavy atom. The van der Waals surface area contributed by atoms with Gasteiger partial charge in [-0.15, -0.1) is 5.10 Å². The lowest BCUT2D eigenvalue weighted by Gasteiger charge is -2.12. The summed E-state index contributed by atoms with van der Waals surface area (Å²) in [4.78, 5) is 16.9. The molecule has 0 radical (unpaired) electrons. The molecular weight excluding hydrogens is 441 g/mol. The molecule has 1 N–H and O–H groups in total. The Hall–Kier alpha value is -2.46. The van der Waals surface area contributed by atoms with Crippen molar-refractivity contribution in [1.82, 2.24) is 19.7 Å². The number of aryl methyl sites for hydroxylation is 1. The number of benzene rings is 1. The Bertz CT molecular complexity index is 1080. The van der Waals surface area contributed by atoms with E-state index in [-0.39, 0.29) is 22.8 Å². The fourth-order valence-corrected chi connectivity index (χ4v) is 3.86. The van der Waals surface area contributed by atoms with Gasteiger partial charge in [-0.05, 0) is 38.1 Å². The van der Waals surface area contributed by atoms with E-state index in [9.17, 15) is 18.0 Å². The minimum atomic E-state index is -4.36. The second-order valence-electron chi connectivity index (χ2n) is 6.51. The van der Waals surface area contributed by atoms with Crippen molar-refractivity contribution in [3.8, 4) is 17.1 Å². The van der Waals surface area contributed by atoms with Gasteiger partial charge in [-0.1, -0.05) is 23.4 Å². The van der Waals surface area contributed by atoms with E-state index in [1.54, 1.807) is 25.1 Å². The topological polar surface area (TPSA) is 72.8 Å². The Kier molecular flexibility index (Phi) is 6.47. The molecule has 0 aliphatic rings. The highest BCUT2D eigenvalue weighted by Gasteiger charge is 2.30. The first-order chi connectivity index (χ1) is 14.1. The zero-order valence-electron chi connectivity index (χ0n) is 16.3. The van der Waals surface area contributed by atoms with Crippen LogP contribution in [-0.2, 0) is 6.54 Å². The number of nitrogens with one attached hydrogen (secondary N) is 1. The third kappa shape index (κ3) is 4.99. The highest BCUT2D eigenvalue weighted by Crippen LogP contribution is 2.31. The van der Waals surface area contributed by atoms with Crippen LogP contribution in [0, 0.1) is 13.8 Å². The van der Waals surface area contributed by atoms with E-state index in [2.05, 4.69) is 15.2 Å². The summed E-state index contributed by atoms with van der Waals surface area (Å²) in [6.07, 6.45) is -4.36. The molecule has 0 fully saturated rings. The first-order valence-electron chi connectivity index (χ1n) is 8.75. The molecule has 0 saturated heterocycles. The largest absolute Gasteiger partial charge is 0.496 e. The molecule has 1 aromatic carbocycles. The lowest BCUT2D eigenvalue weighted by Crippen LogP contribution is -2.19. The Morgan fingerprint density at radius 3 is 2.70 bits per heavy atom. The second-order valence-corrected chi connectivity index (χ2v) is 7.89. The number of H-pyrrole nitrogens is 1. The predicted octanol–water partition coefficient (Wildman–Crippen LogP) is 5.09. The minimum Gasteiger partial charge on any atom is -0.496 e. The molecule has 0 aliphatic heterocycles. The van der Waals surface area contributed by atoms with Gasteiger partial charge >= 0.3 is 6.18 Å². The van der Waals surface area contributed by atoms with E-state index in [1.165, 1.54) is 20.1 Å². The van der Waals surface area contributed by atoms with Gasteiger partial charge < -0.3 is 9.30 Å². The van der Waals surface area contributed by atoms with Gasteiger partial charge in [0.25, 0.3) is 0 Å². The van der Waals surface area contributed by atoms with Crippen LogP contribution in [0.2, 0.25) is 5.02 Å². The Labute approximate surface area is 179 Å². The number of carbonyl (C=O) groups is 1. The van der Waals surface area contributed by atoms with E-state index in [4.69, 9.17) is 16.3 Å². The molecule has 6 nitrogen and oxygen atoms in total. The van der Waals surface area contributed by atoms with Crippen molar-refractivity contribution in [2.45, 2.75) is 31.7 Å². The maximum atomic E-state index is 12.8. The van der Waals surface area contributed by atoms with Gasteiger partial charge in [-0.3, -0.25) is 9.89 Å². The molecule has 0 atom stereocenters. The lowest BCUT2D eigenvalue weighted by molar-refractivity contribution is -0.141. The number of nitrogens with zero attached hydrogens (tertiary/aromatic N) is 3. The molecule has 3 rings (SSSR count). The summed E-state index contributed by atoms with van der Waals surface area (Å²) in [6, 6.07) is 6.54. The summed E-state index contributed by atoms with van der Waals surface area (Å²) in [6.45, 7) is 1.92. The van der Waals surface area contributed by atoms with Crippen LogP contribution in [0.15, 0.2) is 29.4 Å². The smallest absolute Gasteiger partial charge is 0.406 e. The van der Waals surface area contributed by atoms with Gasteiger partial charge in [-0.25, -0.2) is 4.98 Å². The van der Waals surface area contributed by atoms with Gasteiger partial charge in [0.15, 0.2) is 11.6 Å². The fraction of sp³-hybridized carbons (Fsp3) is 0.316. The molecule has 0 bridgehead atoms. The van der Waals surface area contributed by atoms with Crippen LogP contribution < -0.4 is 4.74 Å². The molecule has 0 spiro atoms. The molecule has 0 amide bonds. The number of alkyl halides is 3. The SMILES string of the molecule is COc1ccc(Cl)cc1-c1nc(SCC(=O)c2cc(C)n(CC(F)(F)F)c2C)n[nH]1. The lowest BCUT2D eigenvalue weighted by atomic mass is 10.2. The number of Topliss-reactive ketones (excluding diaryl/α,β-unsaturated/α-hetero) is 1. The molecule has 0 aliphatic carbocycles. The van der Waals surface area contributed by atoms with E-state index >= 15 is 0 Å². The summed E-state index contributed by atoms with van der Waals surface area (Å²) in [7, 11) is 1.52. The maximum absolute atomic E-state index is 12.8. The number of hydrogen-bond donors (Lipinski definition) is 1. The minimum absolute atomic E-state index is 0.0136. The van der Waals surface area contributed by atoms with Gasteiger partial charge in [0.05, 0.1) is 18.4 Å². The monoisotopic (exact) mass is 458 g/mol. The molecular formula is C19H18ClF3N4O2S. The van der Waals surface area contributed by atoms with Gasteiger partial charge in [0.1, 0.15) is 12.3 Å². The number of hydrogen-bond acceptors (Lipinski definition) is 5. The number of halogens is 4. The third-order valence-electron chi connectivity index (χ3n) is 4.43. The van der Waals surface area contributed by atoms with E-state index < -0.39 is 12.7 Å². The van der Waals surface area contributed by atoms with Crippen molar-refractivity contribution >= 4 is 29.1 Å². The normalized spacial score (nSPS) is 11.7. The van der Waals surface area contributed by atoms with Crippen LogP contribution >= 0.6 is 23.4 Å². The van der Waals surface area contributed by atoms with E-state index in [0.29, 0.717) is 33.0 Å². The number of thioether (sulfide) groups is 1. The molecule has 0 unspecified atom stereocenters. The van der Waals surface area contributed by atoms with Crippen molar-refractivity contribution in [1.29, 1.82) is 0 Å². The average Bonchev–Trinajstić information content (AvgIpc) is 3.25. The summed E-state index contributed by atoms with van der Waals surface area (Å²) in [5.41, 5.74) is 1.55. The first kappa shape index (κ1) is 22.2. The van der Waals surface area contributed by atoms with Crippen LogP contribution in [0.5, 0.6) is 5.75 Å². The van der Waals surface area contributed by atoms with Crippen LogP contribution in [0.1, 0.15) is 21.7 Å². The zero-order valence-corrected chi connectivity index (χ0v) is 17.9. The Balaban J connectivity index is 1.73. The second kappa shape index (κ2) is 8.73. The van der Waals surface area contributed by atoms with Gasteiger partial charge in [-0.2, -0.15) is 13.2 Å². The summed E-state index contributed by atoms with van der Waals surface area (Å²) in [5.74, 6) is 0.668. The van der Waals surface area contributed by atoms with E-state index in [0.717, 1.165) is 16.3 Å². The fourth-order valence-electron chi connectivity index (χ4n) is 3.01. The standard InChI is InChI=1S/C19H18ClF3N4O2S/c1-10-6-13(11(2)27(10)9-19(21,22)23)15(28)8-30-18-24-17(25-26-18)14-7-12(20)4-5-16(14)29-3/h4-7H,8-9H2,1-3H3,(H,24,25,26). The molecule has 3 aromatic rings. The van der Waals surface area contributed by atoms with Crippen LogP contribution in [0.25, 0.3) is 11.4 Å². The highest BCUT2D eigenvalue weighted by atomic mass is 35.5. The quantitative estimate of drug-likeness (QED) is 0.394. The molecule has 2 aromatic heterocycles. The third-order valence-corrected chi connectivity index (χ3v) is 5.51. The summed E-state index contributed by atoms with van der Waals surface area (Å²) >= 11 is 7.12. The number of aromatic amines is 1. The number of aromatic nitrogens is 4. The van der Waals surface area contributed by atoms with Gasteiger partial charge in [0.2, 0.25) is 5.16 Å². The summed E-state index contributed by atoms with van der Waals surface area (Å²) < 4.78 is 44.6. The van der Waals surface area contributed by atoms with Crippen molar-refractivity contribution in [2.75, 3.05) is 12.9 Å². The van der Waals surface area contributed by atoms with Crippen molar-refractivity contribution in [3.63, 3.8) is 0 Å². The molecule has 160 valence electrons. The highest BCUT2D eigenvalue weighted by molar-refractivity contribution is 7.99.